The lowest BCUT2D eigenvalue weighted by Gasteiger charge is -2.19. The Kier molecular flexibility index (Phi) is 7.81. The van der Waals surface area contributed by atoms with Crippen molar-refractivity contribution in [1.29, 1.82) is 0 Å². The molecule has 156 valence electrons. The molecule has 1 N–H and O–H groups in total. The summed E-state index contributed by atoms with van der Waals surface area (Å²) in [5.41, 5.74) is 1.07. The summed E-state index contributed by atoms with van der Waals surface area (Å²) in [5, 5.41) is 2.68. The van der Waals surface area contributed by atoms with E-state index in [2.05, 4.69) is 5.32 Å². The Labute approximate surface area is 172 Å². The zero-order chi connectivity index (χ0) is 21.4. The quantitative estimate of drug-likeness (QED) is 0.631. The number of carbonyl (C=O) groups is 1. The summed E-state index contributed by atoms with van der Waals surface area (Å²) >= 11 is 0. The van der Waals surface area contributed by atoms with Gasteiger partial charge in [0.2, 0.25) is 15.9 Å². The number of hydrogen-bond acceptors (Lipinski definition) is 5. The van der Waals surface area contributed by atoms with Crippen LogP contribution in [0.15, 0.2) is 53.4 Å². The zero-order valence-corrected chi connectivity index (χ0v) is 17.8. The van der Waals surface area contributed by atoms with Gasteiger partial charge in [-0.05, 0) is 42.0 Å². The van der Waals surface area contributed by atoms with Crippen molar-refractivity contribution in [2.45, 2.75) is 18.7 Å². The van der Waals surface area contributed by atoms with Crippen LogP contribution in [0.1, 0.15) is 19.4 Å². The average Bonchev–Trinajstić information content (AvgIpc) is 2.73. The van der Waals surface area contributed by atoms with Crippen molar-refractivity contribution in [3.63, 3.8) is 0 Å². The highest BCUT2D eigenvalue weighted by Gasteiger charge is 2.23. The van der Waals surface area contributed by atoms with E-state index in [-0.39, 0.29) is 10.6 Å². The molecule has 0 fully saturated rings. The molecule has 2 aromatic carbocycles. The van der Waals surface area contributed by atoms with Crippen LogP contribution in [0.2, 0.25) is 0 Å². The Morgan fingerprint density at radius 1 is 1.07 bits per heavy atom. The zero-order valence-electron chi connectivity index (χ0n) is 17.0. The second-order valence-electron chi connectivity index (χ2n) is 6.05. The summed E-state index contributed by atoms with van der Waals surface area (Å²) < 4.78 is 37.3. The van der Waals surface area contributed by atoms with Gasteiger partial charge in [-0.25, -0.2) is 8.42 Å². The van der Waals surface area contributed by atoms with Crippen LogP contribution in [0.25, 0.3) is 6.08 Å². The normalized spacial score (nSPS) is 11.6. The summed E-state index contributed by atoms with van der Waals surface area (Å²) in [6.07, 6.45) is 3.00. The van der Waals surface area contributed by atoms with Crippen LogP contribution in [0.5, 0.6) is 11.5 Å². The molecule has 0 unspecified atom stereocenters. The highest BCUT2D eigenvalue weighted by molar-refractivity contribution is 7.89. The molecule has 0 saturated heterocycles. The van der Waals surface area contributed by atoms with Gasteiger partial charge in [-0.15, -0.1) is 0 Å². The first-order chi connectivity index (χ1) is 13.8. The molecular weight excluding hydrogens is 392 g/mol. The monoisotopic (exact) mass is 418 g/mol. The van der Waals surface area contributed by atoms with Gasteiger partial charge in [0.25, 0.3) is 0 Å². The number of rotatable bonds is 9. The molecule has 2 aromatic rings. The van der Waals surface area contributed by atoms with E-state index < -0.39 is 15.9 Å². The fourth-order valence-corrected chi connectivity index (χ4v) is 4.23. The number of sulfonamides is 1. The Morgan fingerprint density at radius 3 is 2.41 bits per heavy atom. The summed E-state index contributed by atoms with van der Waals surface area (Å²) in [6, 6.07) is 11.7. The first kappa shape index (κ1) is 22.4. The van der Waals surface area contributed by atoms with E-state index in [1.54, 1.807) is 33.1 Å². The predicted octanol–water partition coefficient (Wildman–Crippen LogP) is 3.39. The standard InChI is InChI=1S/C21H26N2O5S/c1-5-23(6-2)29(25,26)18-11-12-20(28-4)19(15-18)22-21(24)13-10-16-8-7-9-17(14-16)27-3/h7-15H,5-6H2,1-4H3,(H,22,24)/b13-10+. The lowest BCUT2D eigenvalue weighted by atomic mass is 10.2. The molecule has 0 spiro atoms. The van der Waals surface area contributed by atoms with Gasteiger partial charge in [0.05, 0.1) is 24.8 Å². The summed E-state index contributed by atoms with van der Waals surface area (Å²) in [5.74, 6) is 0.638. The van der Waals surface area contributed by atoms with Gasteiger partial charge in [0, 0.05) is 19.2 Å². The third-order valence-corrected chi connectivity index (χ3v) is 6.34. The molecule has 0 radical (unpaired) electrons. The molecule has 7 nitrogen and oxygen atoms in total. The molecule has 0 aromatic heterocycles. The largest absolute Gasteiger partial charge is 0.497 e. The first-order valence-electron chi connectivity index (χ1n) is 9.17. The minimum Gasteiger partial charge on any atom is -0.497 e. The molecule has 0 atom stereocenters. The third kappa shape index (κ3) is 5.58. The highest BCUT2D eigenvalue weighted by atomic mass is 32.2. The molecule has 2 rings (SSSR count). The van der Waals surface area contributed by atoms with Crippen molar-refractivity contribution in [2.75, 3.05) is 32.6 Å². The van der Waals surface area contributed by atoms with Crippen molar-refractivity contribution in [1.82, 2.24) is 4.31 Å². The predicted molar refractivity (Wildman–Crippen MR) is 114 cm³/mol. The Hall–Kier alpha value is -2.84. The highest BCUT2D eigenvalue weighted by Crippen LogP contribution is 2.29. The maximum absolute atomic E-state index is 12.7. The van der Waals surface area contributed by atoms with Gasteiger partial charge in [-0.2, -0.15) is 4.31 Å². The van der Waals surface area contributed by atoms with Crippen LogP contribution >= 0.6 is 0 Å². The fourth-order valence-electron chi connectivity index (χ4n) is 2.75. The van der Waals surface area contributed by atoms with Gasteiger partial charge < -0.3 is 14.8 Å². The second kappa shape index (κ2) is 10.1. The molecule has 8 heteroatoms. The number of hydrogen-bond donors (Lipinski definition) is 1. The lowest BCUT2D eigenvalue weighted by Crippen LogP contribution is -2.30. The second-order valence-corrected chi connectivity index (χ2v) is 7.99. The van der Waals surface area contributed by atoms with Crippen LogP contribution in [0, 0.1) is 0 Å². The summed E-state index contributed by atoms with van der Waals surface area (Å²) in [6.45, 7) is 4.26. The summed E-state index contributed by atoms with van der Waals surface area (Å²) in [4.78, 5) is 12.5. The van der Waals surface area contributed by atoms with E-state index in [0.717, 1.165) is 5.56 Å². The number of nitrogens with zero attached hydrogens (tertiary/aromatic N) is 1. The number of anilines is 1. The Bertz CT molecular complexity index is 982. The fraction of sp³-hybridized carbons (Fsp3) is 0.286. The first-order valence-corrected chi connectivity index (χ1v) is 10.6. The van der Waals surface area contributed by atoms with Gasteiger partial charge in [-0.1, -0.05) is 26.0 Å². The number of methoxy groups -OCH3 is 2. The smallest absolute Gasteiger partial charge is 0.248 e. The number of nitrogens with one attached hydrogen (secondary N) is 1. The molecule has 0 aliphatic carbocycles. The number of amides is 1. The van der Waals surface area contributed by atoms with Crippen LogP contribution < -0.4 is 14.8 Å². The minimum atomic E-state index is -3.65. The topological polar surface area (TPSA) is 84.9 Å². The maximum Gasteiger partial charge on any atom is 0.248 e. The van der Waals surface area contributed by atoms with E-state index in [4.69, 9.17) is 9.47 Å². The minimum absolute atomic E-state index is 0.0917. The van der Waals surface area contributed by atoms with Gasteiger partial charge >= 0.3 is 0 Å². The number of benzene rings is 2. The Morgan fingerprint density at radius 2 is 1.79 bits per heavy atom. The maximum atomic E-state index is 12.7. The third-order valence-electron chi connectivity index (χ3n) is 4.29. The summed E-state index contributed by atoms with van der Waals surface area (Å²) in [7, 11) is -0.628. The van der Waals surface area contributed by atoms with Gasteiger partial charge in [0.1, 0.15) is 11.5 Å². The van der Waals surface area contributed by atoms with E-state index in [1.807, 2.05) is 18.2 Å². The Balaban J connectivity index is 2.26. The molecule has 0 saturated carbocycles. The van der Waals surface area contributed by atoms with Crippen LogP contribution in [-0.4, -0.2) is 45.9 Å². The van der Waals surface area contributed by atoms with Gasteiger partial charge in [-0.3, -0.25) is 4.79 Å². The molecule has 29 heavy (non-hydrogen) atoms. The average molecular weight is 419 g/mol. The SMILES string of the molecule is CCN(CC)S(=O)(=O)c1ccc(OC)c(NC(=O)/C=C/c2cccc(OC)c2)c1. The lowest BCUT2D eigenvalue weighted by molar-refractivity contribution is -0.111. The van der Waals surface area contributed by atoms with Crippen molar-refractivity contribution < 1.29 is 22.7 Å². The van der Waals surface area contributed by atoms with Gasteiger partial charge in [0.15, 0.2) is 0 Å². The molecule has 0 aliphatic heterocycles. The van der Waals surface area contributed by atoms with Crippen molar-refractivity contribution in [2.24, 2.45) is 0 Å². The molecule has 0 aliphatic rings. The van der Waals surface area contributed by atoms with Crippen LogP contribution in [0.3, 0.4) is 0 Å². The van der Waals surface area contributed by atoms with Crippen molar-refractivity contribution >= 4 is 27.7 Å². The molecule has 0 heterocycles. The van der Waals surface area contributed by atoms with E-state index in [0.29, 0.717) is 24.6 Å². The van der Waals surface area contributed by atoms with Crippen LogP contribution in [0.4, 0.5) is 5.69 Å². The molecular formula is C21H26N2O5S. The molecule has 0 bridgehead atoms. The van der Waals surface area contributed by atoms with E-state index in [1.165, 1.54) is 35.7 Å². The van der Waals surface area contributed by atoms with E-state index in [9.17, 15) is 13.2 Å². The van der Waals surface area contributed by atoms with Crippen molar-refractivity contribution in [3.8, 4) is 11.5 Å². The van der Waals surface area contributed by atoms with Crippen LogP contribution in [-0.2, 0) is 14.8 Å². The van der Waals surface area contributed by atoms with E-state index >= 15 is 0 Å². The number of ether oxygens (including phenoxy) is 2. The van der Waals surface area contributed by atoms with Crippen molar-refractivity contribution in [3.05, 3.63) is 54.1 Å². The number of carbonyl (C=O) groups excluding carboxylic acids is 1. The molecule has 1 amide bonds.